The van der Waals surface area contributed by atoms with Crippen LogP contribution in [0.15, 0.2) is 22.8 Å². The van der Waals surface area contributed by atoms with Crippen molar-refractivity contribution in [2.75, 3.05) is 25.0 Å². The van der Waals surface area contributed by atoms with Gasteiger partial charge in [0.15, 0.2) is 0 Å². The molecule has 0 saturated carbocycles. The van der Waals surface area contributed by atoms with Crippen LogP contribution in [0.2, 0.25) is 0 Å². The van der Waals surface area contributed by atoms with Crippen LogP contribution in [0.5, 0.6) is 0 Å². The molecule has 0 spiro atoms. The standard InChI is InChI=1S/C8H12BrN3/c1-12(6-4-10)8-7(9)3-2-5-11-8/h2-3,5H,4,6,10H2,1H3. The number of aromatic nitrogens is 1. The maximum absolute atomic E-state index is 5.43. The molecule has 0 aliphatic heterocycles. The first-order chi connectivity index (χ1) is 5.75. The summed E-state index contributed by atoms with van der Waals surface area (Å²) in [6.07, 6.45) is 1.77. The van der Waals surface area contributed by atoms with Gasteiger partial charge in [-0.05, 0) is 28.1 Å². The van der Waals surface area contributed by atoms with Crippen LogP contribution in [-0.2, 0) is 0 Å². The molecule has 3 nitrogen and oxygen atoms in total. The number of hydrogen-bond acceptors (Lipinski definition) is 3. The molecule has 2 N–H and O–H groups in total. The van der Waals surface area contributed by atoms with Crippen LogP contribution in [0.4, 0.5) is 5.82 Å². The fraction of sp³-hybridized carbons (Fsp3) is 0.375. The molecule has 12 heavy (non-hydrogen) atoms. The first-order valence-electron chi connectivity index (χ1n) is 3.77. The van der Waals surface area contributed by atoms with Gasteiger partial charge in [0, 0.05) is 26.3 Å². The minimum atomic E-state index is 0.638. The van der Waals surface area contributed by atoms with Crippen molar-refractivity contribution < 1.29 is 0 Å². The number of hydrogen-bond donors (Lipinski definition) is 1. The van der Waals surface area contributed by atoms with E-state index >= 15 is 0 Å². The van der Waals surface area contributed by atoms with Crippen LogP contribution in [0.25, 0.3) is 0 Å². The van der Waals surface area contributed by atoms with E-state index in [1.165, 1.54) is 0 Å². The zero-order valence-corrected chi connectivity index (χ0v) is 8.58. The summed E-state index contributed by atoms with van der Waals surface area (Å²) in [6.45, 7) is 1.45. The Kier molecular flexibility index (Phi) is 3.49. The van der Waals surface area contributed by atoms with Gasteiger partial charge in [-0.1, -0.05) is 0 Å². The minimum Gasteiger partial charge on any atom is -0.357 e. The highest BCUT2D eigenvalue weighted by Crippen LogP contribution is 2.20. The highest BCUT2D eigenvalue weighted by Gasteiger charge is 2.03. The molecule has 4 heteroatoms. The molecule has 1 heterocycles. The molecule has 0 fully saturated rings. The Labute approximate surface area is 80.7 Å². The van der Waals surface area contributed by atoms with E-state index in [0.717, 1.165) is 16.8 Å². The highest BCUT2D eigenvalue weighted by molar-refractivity contribution is 9.10. The van der Waals surface area contributed by atoms with E-state index in [0.29, 0.717) is 6.54 Å². The predicted octanol–water partition coefficient (Wildman–Crippen LogP) is 1.24. The van der Waals surface area contributed by atoms with E-state index in [1.807, 2.05) is 24.1 Å². The summed E-state index contributed by atoms with van der Waals surface area (Å²) in [5.74, 6) is 0.933. The highest BCUT2D eigenvalue weighted by atomic mass is 79.9. The lowest BCUT2D eigenvalue weighted by atomic mass is 10.4. The number of rotatable bonds is 3. The Bertz CT molecular complexity index is 252. The molecule has 0 aliphatic carbocycles. The Morgan fingerprint density at radius 3 is 3.00 bits per heavy atom. The Morgan fingerprint density at radius 2 is 2.42 bits per heavy atom. The van der Waals surface area contributed by atoms with Gasteiger partial charge >= 0.3 is 0 Å². The maximum Gasteiger partial charge on any atom is 0.142 e. The monoisotopic (exact) mass is 229 g/mol. The fourth-order valence-electron chi connectivity index (χ4n) is 0.958. The smallest absolute Gasteiger partial charge is 0.142 e. The molecule has 0 bridgehead atoms. The minimum absolute atomic E-state index is 0.638. The van der Waals surface area contributed by atoms with E-state index in [2.05, 4.69) is 20.9 Å². The van der Waals surface area contributed by atoms with E-state index in [4.69, 9.17) is 5.73 Å². The van der Waals surface area contributed by atoms with Crippen molar-refractivity contribution in [3.8, 4) is 0 Å². The van der Waals surface area contributed by atoms with E-state index in [-0.39, 0.29) is 0 Å². The zero-order valence-electron chi connectivity index (χ0n) is 7.00. The topological polar surface area (TPSA) is 42.1 Å². The first-order valence-corrected chi connectivity index (χ1v) is 4.56. The SMILES string of the molecule is CN(CCN)c1ncccc1Br. The van der Waals surface area contributed by atoms with Crippen LogP contribution >= 0.6 is 15.9 Å². The molecule has 66 valence electrons. The average molecular weight is 230 g/mol. The molecule has 0 unspecified atom stereocenters. The van der Waals surface area contributed by atoms with Crippen LogP contribution in [0, 0.1) is 0 Å². The van der Waals surface area contributed by atoms with Crippen molar-refractivity contribution in [3.05, 3.63) is 22.8 Å². The first kappa shape index (κ1) is 9.48. The van der Waals surface area contributed by atoms with Gasteiger partial charge in [-0.15, -0.1) is 0 Å². The lowest BCUT2D eigenvalue weighted by Crippen LogP contribution is -2.25. The molecule has 1 aromatic heterocycles. The number of halogens is 1. The molecular weight excluding hydrogens is 218 g/mol. The third-order valence-electron chi connectivity index (χ3n) is 1.57. The van der Waals surface area contributed by atoms with Crippen LogP contribution < -0.4 is 10.6 Å². The summed E-state index contributed by atoms with van der Waals surface area (Å²) < 4.78 is 1.00. The van der Waals surface area contributed by atoms with Gasteiger partial charge in [0.2, 0.25) is 0 Å². The lowest BCUT2D eigenvalue weighted by molar-refractivity contribution is 0.866. The van der Waals surface area contributed by atoms with Gasteiger partial charge in [0.1, 0.15) is 5.82 Å². The predicted molar refractivity (Wildman–Crippen MR) is 54.3 cm³/mol. The van der Waals surface area contributed by atoms with Crippen LogP contribution in [0.3, 0.4) is 0 Å². The number of anilines is 1. The van der Waals surface area contributed by atoms with Crippen LogP contribution in [0.1, 0.15) is 0 Å². The van der Waals surface area contributed by atoms with E-state index < -0.39 is 0 Å². The summed E-state index contributed by atoms with van der Waals surface area (Å²) in [5.41, 5.74) is 5.43. The molecular formula is C8H12BrN3. The third-order valence-corrected chi connectivity index (χ3v) is 2.18. The number of likely N-dealkylation sites (N-methyl/N-ethyl adjacent to an activating group) is 1. The van der Waals surface area contributed by atoms with Gasteiger partial charge in [-0.2, -0.15) is 0 Å². The van der Waals surface area contributed by atoms with Crippen molar-refractivity contribution in [2.45, 2.75) is 0 Å². The molecule has 1 aromatic rings. The van der Waals surface area contributed by atoms with Crippen molar-refractivity contribution in [3.63, 3.8) is 0 Å². The van der Waals surface area contributed by atoms with Gasteiger partial charge in [0.25, 0.3) is 0 Å². The molecule has 0 atom stereocenters. The Morgan fingerprint density at radius 1 is 1.67 bits per heavy atom. The second-order valence-corrected chi connectivity index (χ2v) is 3.37. The quantitative estimate of drug-likeness (QED) is 0.849. The molecule has 0 radical (unpaired) electrons. The maximum atomic E-state index is 5.43. The Balaban J connectivity index is 2.79. The molecule has 0 saturated heterocycles. The Hall–Kier alpha value is -0.610. The number of nitrogens with zero attached hydrogens (tertiary/aromatic N) is 2. The normalized spacial score (nSPS) is 9.92. The summed E-state index contributed by atoms with van der Waals surface area (Å²) in [6, 6.07) is 3.86. The molecule has 0 aliphatic rings. The summed E-state index contributed by atoms with van der Waals surface area (Å²) in [4.78, 5) is 6.24. The molecule has 0 amide bonds. The second-order valence-electron chi connectivity index (χ2n) is 2.52. The molecule has 0 aromatic carbocycles. The third kappa shape index (κ3) is 2.19. The molecule has 1 rings (SSSR count). The fourth-order valence-corrected chi connectivity index (χ4v) is 1.52. The van der Waals surface area contributed by atoms with Crippen molar-refractivity contribution >= 4 is 21.7 Å². The van der Waals surface area contributed by atoms with Gasteiger partial charge in [-0.3, -0.25) is 0 Å². The van der Waals surface area contributed by atoms with Crippen molar-refractivity contribution in [1.82, 2.24) is 4.98 Å². The van der Waals surface area contributed by atoms with Crippen molar-refractivity contribution in [2.24, 2.45) is 5.73 Å². The number of nitrogens with two attached hydrogens (primary N) is 1. The van der Waals surface area contributed by atoms with Gasteiger partial charge in [0.05, 0.1) is 4.47 Å². The second kappa shape index (κ2) is 4.42. The average Bonchev–Trinajstić information content (AvgIpc) is 2.05. The summed E-state index contributed by atoms with van der Waals surface area (Å²) in [7, 11) is 1.97. The van der Waals surface area contributed by atoms with Crippen LogP contribution in [-0.4, -0.2) is 25.1 Å². The number of pyridine rings is 1. The van der Waals surface area contributed by atoms with E-state index in [1.54, 1.807) is 6.20 Å². The van der Waals surface area contributed by atoms with E-state index in [9.17, 15) is 0 Å². The van der Waals surface area contributed by atoms with Crippen molar-refractivity contribution in [1.29, 1.82) is 0 Å². The zero-order chi connectivity index (χ0) is 8.97. The summed E-state index contributed by atoms with van der Waals surface area (Å²) in [5, 5.41) is 0. The van der Waals surface area contributed by atoms with Gasteiger partial charge in [-0.25, -0.2) is 4.98 Å². The summed E-state index contributed by atoms with van der Waals surface area (Å²) >= 11 is 3.42. The lowest BCUT2D eigenvalue weighted by Gasteiger charge is -2.17. The largest absolute Gasteiger partial charge is 0.357 e. The van der Waals surface area contributed by atoms with Gasteiger partial charge < -0.3 is 10.6 Å².